The Morgan fingerprint density at radius 3 is 2.73 bits per heavy atom. The lowest BCUT2D eigenvalue weighted by Crippen LogP contribution is -2.12. The Labute approximate surface area is 95.7 Å². The number of thiophene rings is 2. The van der Waals surface area contributed by atoms with Crippen LogP contribution in [0.3, 0.4) is 0 Å². The summed E-state index contributed by atoms with van der Waals surface area (Å²) in [6.07, 6.45) is 1.83. The number of hydrogen-bond donors (Lipinski definition) is 1. The number of hydrogen-bond acceptors (Lipinski definition) is 3. The van der Waals surface area contributed by atoms with Gasteiger partial charge in [-0.2, -0.15) is 11.3 Å². The van der Waals surface area contributed by atoms with Gasteiger partial charge in [-0.05, 0) is 39.9 Å². The van der Waals surface area contributed by atoms with Crippen molar-refractivity contribution in [3.05, 3.63) is 44.8 Å². The molecule has 0 radical (unpaired) electrons. The van der Waals surface area contributed by atoms with Crippen molar-refractivity contribution in [3.63, 3.8) is 0 Å². The van der Waals surface area contributed by atoms with Gasteiger partial charge in [-0.3, -0.25) is 4.79 Å². The Bertz CT molecular complexity index is 469. The highest BCUT2D eigenvalue weighted by molar-refractivity contribution is 7.11. The molecule has 2 rings (SSSR count). The monoisotopic (exact) mass is 235 g/mol. The zero-order chi connectivity index (χ0) is 10.7. The van der Waals surface area contributed by atoms with Gasteiger partial charge in [0.2, 0.25) is 5.91 Å². The summed E-state index contributed by atoms with van der Waals surface area (Å²) in [6, 6.07) is 5.80. The van der Waals surface area contributed by atoms with Crippen LogP contribution in [-0.2, 0) is 4.79 Å². The zero-order valence-electron chi connectivity index (χ0n) is 7.84. The summed E-state index contributed by atoms with van der Waals surface area (Å²) < 4.78 is 0. The van der Waals surface area contributed by atoms with Gasteiger partial charge >= 0.3 is 0 Å². The lowest BCUT2D eigenvalue weighted by atomic mass is 10.1. The third-order valence-electron chi connectivity index (χ3n) is 1.93. The Morgan fingerprint density at radius 1 is 1.33 bits per heavy atom. The Kier molecular flexibility index (Phi) is 2.99. The van der Waals surface area contributed by atoms with E-state index < -0.39 is 0 Å². The van der Waals surface area contributed by atoms with Gasteiger partial charge < -0.3 is 5.73 Å². The average Bonchev–Trinajstić information content (AvgIpc) is 2.87. The molecule has 0 aromatic carbocycles. The molecule has 0 spiro atoms. The Balaban J connectivity index is 2.41. The Morgan fingerprint density at radius 2 is 2.20 bits per heavy atom. The van der Waals surface area contributed by atoms with Gasteiger partial charge in [0.25, 0.3) is 0 Å². The fourth-order valence-corrected chi connectivity index (χ4v) is 2.54. The average molecular weight is 235 g/mol. The zero-order valence-corrected chi connectivity index (χ0v) is 9.48. The van der Waals surface area contributed by atoms with Gasteiger partial charge in [0.05, 0.1) is 0 Å². The smallest absolute Gasteiger partial charge is 0.249 e. The van der Waals surface area contributed by atoms with E-state index >= 15 is 0 Å². The van der Waals surface area contributed by atoms with Crippen molar-refractivity contribution in [3.8, 4) is 0 Å². The second-order valence-electron chi connectivity index (χ2n) is 2.95. The summed E-state index contributed by atoms with van der Waals surface area (Å²) >= 11 is 3.14. The second kappa shape index (κ2) is 4.42. The molecule has 2 aromatic rings. The summed E-state index contributed by atoms with van der Waals surface area (Å²) in [4.78, 5) is 12.3. The highest BCUT2D eigenvalue weighted by Gasteiger charge is 2.08. The minimum Gasteiger partial charge on any atom is -0.366 e. The fourth-order valence-electron chi connectivity index (χ4n) is 1.23. The van der Waals surface area contributed by atoms with E-state index in [0.717, 1.165) is 10.4 Å². The van der Waals surface area contributed by atoms with Crippen LogP contribution in [0, 0.1) is 0 Å². The highest BCUT2D eigenvalue weighted by atomic mass is 32.1. The molecular weight excluding hydrogens is 226 g/mol. The minimum atomic E-state index is -0.387. The summed E-state index contributed by atoms with van der Waals surface area (Å²) in [7, 11) is 0. The molecule has 0 bridgehead atoms. The largest absolute Gasteiger partial charge is 0.366 e. The molecule has 0 aliphatic heterocycles. The van der Waals surface area contributed by atoms with Crippen molar-refractivity contribution in [1.82, 2.24) is 0 Å². The fraction of sp³-hybridized carbons (Fsp3) is 0. The molecule has 15 heavy (non-hydrogen) atoms. The number of amides is 1. The molecule has 0 saturated carbocycles. The molecule has 2 nitrogen and oxygen atoms in total. The van der Waals surface area contributed by atoms with Crippen LogP contribution in [0.1, 0.15) is 10.4 Å². The summed E-state index contributed by atoms with van der Waals surface area (Å²) in [5, 5.41) is 5.82. The maximum Gasteiger partial charge on any atom is 0.249 e. The third-order valence-corrected chi connectivity index (χ3v) is 3.43. The standard InChI is InChI=1S/C11H9NOS2/c12-11(13)10(8-3-5-14-7-8)6-9-2-1-4-15-9/h1-7H,(H2,12,13)/b10-6-. The van der Waals surface area contributed by atoms with Crippen LogP contribution in [0.5, 0.6) is 0 Å². The minimum absolute atomic E-state index is 0.387. The van der Waals surface area contributed by atoms with Gasteiger partial charge in [0.15, 0.2) is 0 Å². The first-order chi connectivity index (χ1) is 7.27. The van der Waals surface area contributed by atoms with Crippen LogP contribution in [0.15, 0.2) is 34.3 Å². The van der Waals surface area contributed by atoms with Crippen molar-refractivity contribution >= 4 is 40.2 Å². The molecule has 2 aromatic heterocycles. The molecule has 0 atom stereocenters. The topological polar surface area (TPSA) is 43.1 Å². The first-order valence-electron chi connectivity index (χ1n) is 4.35. The second-order valence-corrected chi connectivity index (χ2v) is 4.71. The molecule has 2 N–H and O–H groups in total. The quantitative estimate of drug-likeness (QED) is 0.817. The SMILES string of the molecule is NC(=O)/C(=C\c1cccs1)c1ccsc1. The van der Waals surface area contributed by atoms with E-state index in [1.165, 1.54) is 0 Å². The van der Waals surface area contributed by atoms with Crippen molar-refractivity contribution < 1.29 is 4.79 Å². The molecule has 4 heteroatoms. The molecule has 0 saturated heterocycles. The van der Waals surface area contributed by atoms with Gasteiger partial charge in [-0.1, -0.05) is 6.07 Å². The van der Waals surface area contributed by atoms with Gasteiger partial charge in [0.1, 0.15) is 0 Å². The van der Waals surface area contributed by atoms with Gasteiger partial charge in [-0.15, -0.1) is 11.3 Å². The lowest BCUT2D eigenvalue weighted by Gasteiger charge is -1.98. The molecule has 2 heterocycles. The molecule has 0 aliphatic rings. The van der Waals surface area contributed by atoms with E-state index in [9.17, 15) is 4.79 Å². The van der Waals surface area contributed by atoms with Crippen molar-refractivity contribution in [2.75, 3.05) is 0 Å². The van der Waals surface area contributed by atoms with Crippen LogP contribution in [-0.4, -0.2) is 5.91 Å². The van der Waals surface area contributed by atoms with E-state index in [2.05, 4.69) is 0 Å². The highest BCUT2D eigenvalue weighted by Crippen LogP contribution is 2.22. The number of carbonyl (C=O) groups is 1. The summed E-state index contributed by atoms with van der Waals surface area (Å²) in [5.74, 6) is -0.387. The van der Waals surface area contributed by atoms with Gasteiger partial charge in [-0.25, -0.2) is 0 Å². The summed E-state index contributed by atoms with van der Waals surface area (Å²) in [6.45, 7) is 0. The Hall–Kier alpha value is -1.39. The van der Waals surface area contributed by atoms with Crippen LogP contribution in [0.2, 0.25) is 0 Å². The molecule has 0 fully saturated rings. The maximum absolute atomic E-state index is 11.3. The number of nitrogens with two attached hydrogens (primary N) is 1. The van der Waals surface area contributed by atoms with E-state index in [1.54, 1.807) is 22.7 Å². The molecule has 76 valence electrons. The summed E-state index contributed by atoms with van der Waals surface area (Å²) in [5.41, 5.74) is 6.80. The first-order valence-corrected chi connectivity index (χ1v) is 6.17. The van der Waals surface area contributed by atoms with E-state index in [4.69, 9.17) is 5.73 Å². The third kappa shape index (κ3) is 2.34. The molecular formula is C11H9NOS2. The van der Waals surface area contributed by atoms with Crippen LogP contribution >= 0.6 is 22.7 Å². The normalized spacial score (nSPS) is 11.6. The van der Waals surface area contributed by atoms with Crippen molar-refractivity contribution in [2.45, 2.75) is 0 Å². The van der Waals surface area contributed by atoms with E-state index in [1.807, 2.05) is 40.4 Å². The predicted molar refractivity (Wildman–Crippen MR) is 65.7 cm³/mol. The molecule has 0 unspecified atom stereocenters. The lowest BCUT2D eigenvalue weighted by molar-refractivity contribution is -0.112. The molecule has 1 amide bonds. The van der Waals surface area contributed by atoms with E-state index in [0.29, 0.717) is 5.57 Å². The predicted octanol–water partition coefficient (Wildman–Crippen LogP) is 2.84. The first kappa shape index (κ1) is 10.1. The van der Waals surface area contributed by atoms with Crippen LogP contribution in [0.4, 0.5) is 0 Å². The van der Waals surface area contributed by atoms with E-state index in [-0.39, 0.29) is 5.91 Å². The van der Waals surface area contributed by atoms with Crippen molar-refractivity contribution in [2.24, 2.45) is 5.73 Å². The van der Waals surface area contributed by atoms with Gasteiger partial charge in [0, 0.05) is 10.5 Å². The van der Waals surface area contributed by atoms with Crippen molar-refractivity contribution in [1.29, 1.82) is 0 Å². The number of primary amides is 1. The molecule has 0 aliphatic carbocycles. The number of rotatable bonds is 3. The van der Waals surface area contributed by atoms with Crippen LogP contribution < -0.4 is 5.73 Å². The van der Waals surface area contributed by atoms with Crippen LogP contribution in [0.25, 0.3) is 11.6 Å². The number of carbonyl (C=O) groups excluding carboxylic acids is 1. The maximum atomic E-state index is 11.3.